The van der Waals surface area contributed by atoms with Gasteiger partial charge in [0.1, 0.15) is 11.4 Å². The largest absolute Gasteiger partial charge is 0.334 e. The Labute approximate surface area is 184 Å². The topological polar surface area (TPSA) is 89.3 Å². The molecular formula is C22H23N3O4S2. The van der Waals surface area contributed by atoms with Gasteiger partial charge in [-0.15, -0.1) is 11.3 Å². The first kappa shape index (κ1) is 20.4. The van der Waals surface area contributed by atoms with Crippen molar-refractivity contribution in [3.63, 3.8) is 0 Å². The molecule has 2 fully saturated rings. The minimum Gasteiger partial charge on any atom is -0.334 e. The standard InChI is InChI=1S/C22H23N3O4S2/c1-14-19-21(30-20(14)15-5-3-2-4-6-15)23-13-24(22(19)27)11-18(26)25(16-7-8-16)17-9-10-31(28,29)12-17/h2-6,13,16-17H,7-12H2,1H3. The minimum atomic E-state index is -3.09. The third kappa shape index (κ3) is 3.80. The first-order valence-electron chi connectivity index (χ1n) is 10.4. The predicted molar refractivity (Wildman–Crippen MR) is 121 cm³/mol. The number of rotatable bonds is 5. The quantitative estimate of drug-likeness (QED) is 0.588. The molecule has 3 heterocycles. The number of aromatic nitrogens is 2. The van der Waals surface area contributed by atoms with Gasteiger partial charge in [-0.3, -0.25) is 14.2 Å². The number of carbonyl (C=O) groups excluding carboxylic acids is 1. The molecule has 9 heteroatoms. The van der Waals surface area contributed by atoms with E-state index in [9.17, 15) is 18.0 Å². The van der Waals surface area contributed by atoms with E-state index < -0.39 is 9.84 Å². The van der Waals surface area contributed by atoms with Gasteiger partial charge in [-0.05, 0) is 37.3 Å². The molecule has 1 unspecified atom stereocenters. The number of aryl methyl sites for hydroxylation is 1. The maximum absolute atomic E-state index is 13.2. The normalized spacial score (nSPS) is 20.2. The zero-order valence-electron chi connectivity index (χ0n) is 17.2. The minimum absolute atomic E-state index is 0.0193. The van der Waals surface area contributed by atoms with Crippen molar-refractivity contribution in [1.82, 2.24) is 14.5 Å². The molecule has 0 N–H and O–H groups in total. The summed E-state index contributed by atoms with van der Waals surface area (Å²) in [5.74, 6) is -0.0623. The fourth-order valence-electron chi connectivity index (χ4n) is 4.42. The summed E-state index contributed by atoms with van der Waals surface area (Å²) >= 11 is 1.47. The summed E-state index contributed by atoms with van der Waals surface area (Å²) in [6, 6.07) is 9.67. The summed E-state index contributed by atoms with van der Waals surface area (Å²) in [6.07, 6.45) is 3.68. The molecular weight excluding hydrogens is 434 g/mol. The Hall–Kier alpha value is -2.52. The van der Waals surface area contributed by atoms with Crippen LogP contribution in [0.25, 0.3) is 20.7 Å². The molecule has 1 aliphatic carbocycles. The smallest absolute Gasteiger partial charge is 0.262 e. The van der Waals surface area contributed by atoms with Crippen molar-refractivity contribution in [2.75, 3.05) is 11.5 Å². The van der Waals surface area contributed by atoms with E-state index in [1.165, 1.54) is 22.2 Å². The number of hydrogen-bond donors (Lipinski definition) is 0. The van der Waals surface area contributed by atoms with Gasteiger partial charge in [0, 0.05) is 17.0 Å². The van der Waals surface area contributed by atoms with Gasteiger partial charge >= 0.3 is 0 Å². The van der Waals surface area contributed by atoms with Crippen LogP contribution < -0.4 is 5.56 Å². The van der Waals surface area contributed by atoms with E-state index in [-0.39, 0.29) is 41.6 Å². The molecule has 0 radical (unpaired) electrons. The Morgan fingerprint density at radius 3 is 2.58 bits per heavy atom. The molecule has 7 nitrogen and oxygen atoms in total. The average Bonchev–Trinajstić information content (AvgIpc) is 3.42. The van der Waals surface area contributed by atoms with Crippen molar-refractivity contribution in [3.8, 4) is 10.4 Å². The molecule has 2 aliphatic rings. The summed E-state index contributed by atoms with van der Waals surface area (Å²) < 4.78 is 25.2. The van der Waals surface area contributed by atoms with Crippen LogP contribution in [-0.4, -0.2) is 52.4 Å². The molecule has 0 bridgehead atoms. The second-order valence-electron chi connectivity index (χ2n) is 8.37. The maximum atomic E-state index is 13.2. The van der Waals surface area contributed by atoms with E-state index in [1.54, 1.807) is 4.90 Å². The van der Waals surface area contributed by atoms with Crippen molar-refractivity contribution in [1.29, 1.82) is 0 Å². The molecule has 2 aromatic heterocycles. The van der Waals surface area contributed by atoms with Gasteiger partial charge in [0.2, 0.25) is 5.91 Å². The predicted octanol–water partition coefficient (Wildman–Crippen LogP) is 2.61. The van der Waals surface area contributed by atoms with E-state index >= 15 is 0 Å². The fourth-order valence-corrected chi connectivity index (χ4v) is 7.27. The summed E-state index contributed by atoms with van der Waals surface area (Å²) in [5.41, 5.74) is 1.67. The first-order chi connectivity index (χ1) is 14.8. The van der Waals surface area contributed by atoms with Crippen LogP contribution in [0.2, 0.25) is 0 Å². The summed E-state index contributed by atoms with van der Waals surface area (Å²) in [4.78, 5) is 34.2. The second kappa shape index (κ2) is 7.56. The Balaban J connectivity index is 1.46. The van der Waals surface area contributed by atoms with Gasteiger partial charge in [0.15, 0.2) is 9.84 Å². The lowest BCUT2D eigenvalue weighted by Gasteiger charge is -2.28. The molecule has 1 amide bonds. The number of thiophene rings is 1. The Bertz CT molecular complexity index is 1320. The van der Waals surface area contributed by atoms with Crippen LogP contribution in [0.3, 0.4) is 0 Å². The highest BCUT2D eigenvalue weighted by atomic mass is 32.2. The Morgan fingerprint density at radius 1 is 1.19 bits per heavy atom. The van der Waals surface area contributed by atoms with Crippen molar-refractivity contribution in [3.05, 3.63) is 52.6 Å². The molecule has 3 aromatic rings. The zero-order valence-corrected chi connectivity index (χ0v) is 18.8. The molecule has 1 saturated carbocycles. The highest BCUT2D eigenvalue weighted by Crippen LogP contribution is 2.35. The SMILES string of the molecule is Cc1c(-c2ccccc2)sc2ncn(CC(=O)N(C3CC3)C3CCS(=O)(=O)C3)c(=O)c12. The van der Waals surface area contributed by atoms with Crippen LogP contribution in [-0.2, 0) is 21.2 Å². The molecule has 1 aromatic carbocycles. The number of carbonyl (C=O) groups is 1. The van der Waals surface area contributed by atoms with Crippen molar-refractivity contribution >= 4 is 37.3 Å². The van der Waals surface area contributed by atoms with Gasteiger partial charge in [-0.25, -0.2) is 13.4 Å². The molecule has 31 heavy (non-hydrogen) atoms. The Kier molecular flexibility index (Phi) is 4.97. The highest BCUT2D eigenvalue weighted by Gasteiger charge is 2.42. The van der Waals surface area contributed by atoms with Gasteiger partial charge in [0.25, 0.3) is 5.56 Å². The number of benzene rings is 1. The third-order valence-electron chi connectivity index (χ3n) is 6.09. The average molecular weight is 458 g/mol. The van der Waals surface area contributed by atoms with Crippen LogP contribution in [0.5, 0.6) is 0 Å². The van der Waals surface area contributed by atoms with Crippen LogP contribution in [0.1, 0.15) is 24.8 Å². The van der Waals surface area contributed by atoms with Crippen molar-refractivity contribution in [2.45, 2.75) is 44.8 Å². The summed E-state index contributed by atoms with van der Waals surface area (Å²) in [5, 5.41) is 0.542. The maximum Gasteiger partial charge on any atom is 0.262 e. The number of hydrogen-bond acceptors (Lipinski definition) is 6. The number of sulfone groups is 1. The van der Waals surface area contributed by atoms with E-state index in [2.05, 4.69) is 4.98 Å². The molecule has 0 spiro atoms. The van der Waals surface area contributed by atoms with Crippen LogP contribution in [0, 0.1) is 6.92 Å². The number of fused-ring (bicyclic) bond motifs is 1. The van der Waals surface area contributed by atoms with Gasteiger partial charge in [-0.2, -0.15) is 0 Å². The fraction of sp³-hybridized carbons (Fsp3) is 0.409. The molecule has 1 aliphatic heterocycles. The van der Waals surface area contributed by atoms with E-state index in [0.717, 1.165) is 28.8 Å². The molecule has 162 valence electrons. The van der Waals surface area contributed by atoms with Gasteiger partial charge < -0.3 is 4.90 Å². The molecule has 1 atom stereocenters. The van der Waals surface area contributed by atoms with Crippen molar-refractivity contribution < 1.29 is 13.2 Å². The van der Waals surface area contributed by atoms with Crippen LogP contribution in [0.15, 0.2) is 41.5 Å². The van der Waals surface area contributed by atoms with Gasteiger partial charge in [0.05, 0.1) is 23.2 Å². The van der Waals surface area contributed by atoms with Crippen molar-refractivity contribution in [2.24, 2.45) is 0 Å². The molecule has 1 saturated heterocycles. The zero-order chi connectivity index (χ0) is 21.8. The lowest BCUT2D eigenvalue weighted by molar-refractivity contribution is -0.134. The lowest BCUT2D eigenvalue weighted by atomic mass is 10.1. The first-order valence-corrected chi connectivity index (χ1v) is 13.0. The third-order valence-corrected chi connectivity index (χ3v) is 9.09. The second-order valence-corrected chi connectivity index (χ2v) is 11.6. The van der Waals surface area contributed by atoms with E-state index in [0.29, 0.717) is 16.6 Å². The van der Waals surface area contributed by atoms with E-state index in [1.807, 2.05) is 37.3 Å². The summed E-state index contributed by atoms with van der Waals surface area (Å²) in [6.45, 7) is 1.79. The Morgan fingerprint density at radius 2 is 1.94 bits per heavy atom. The monoisotopic (exact) mass is 457 g/mol. The summed E-state index contributed by atoms with van der Waals surface area (Å²) in [7, 11) is -3.09. The van der Waals surface area contributed by atoms with E-state index in [4.69, 9.17) is 0 Å². The van der Waals surface area contributed by atoms with Gasteiger partial charge in [-0.1, -0.05) is 30.3 Å². The highest BCUT2D eigenvalue weighted by molar-refractivity contribution is 7.91. The molecule has 5 rings (SSSR count). The lowest BCUT2D eigenvalue weighted by Crippen LogP contribution is -2.45. The number of nitrogens with zero attached hydrogens (tertiary/aromatic N) is 3. The van der Waals surface area contributed by atoms with Crippen LogP contribution >= 0.6 is 11.3 Å². The number of amides is 1. The van der Waals surface area contributed by atoms with Crippen LogP contribution in [0.4, 0.5) is 0 Å².